The zero-order chi connectivity index (χ0) is 20.9. The summed E-state index contributed by atoms with van der Waals surface area (Å²) in [5.74, 6) is 1.39. The van der Waals surface area contributed by atoms with Crippen LogP contribution in [-0.4, -0.2) is 27.5 Å². The van der Waals surface area contributed by atoms with Gasteiger partial charge in [-0.3, -0.25) is 4.79 Å². The number of rotatable bonds is 8. The minimum atomic E-state index is -0.140. The molecule has 0 bridgehead atoms. The number of nitrogens with zero attached hydrogens (tertiary/aromatic N) is 3. The van der Waals surface area contributed by atoms with Crippen LogP contribution in [0.1, 0.15) is 31.7 Å². The predicted molar refractivity (Wildman–Crippen MR) is 125 cm³/mol. The van der Waals surface area contributed by atoms with Crippen LogP contribution in [0, 0.1) is 0 Å². The molecule has 0 atom stereocenters. The van der Waals surface area contributed by atoms with Gasteiger partial charge in [0, 0.05) is 10.5 Å². The van der Waals surface area contributed by atoms with E-state index in [0.29, 0.717) is 15.3 Å². The molecule has 5 nitrogen and oxygen atoms in total. The van der Waals surface area contributed by atoms with Gasteiger partial charge in [0.15, 0.2) is 5.82 Å². The van der Waals surface area contributed by atoms with Crippen molar-refractivity contribution in [2.24, 2.45) is 0 Å². The Morgan fingerprint density at radius 3 is 2.53 bits per heavy atom. The first-order chi connectivity index (χ1) is 14.7. The summed E-state index contributed by atoms with van der Waals surface area (Å²) in [5, 5.41) is 4.43. The van der Waals surface area contributed by atoms with Crippen molar-refractivity contribution in [2.45, 2.75) is 31.1 Å². The fourth-order valence-electron chi connectivity index (χ4n) is 3.05. The Labute approximate surface area is 183 Å². The monoisotopic (exact) mass is 437 g/mol. The zero-order valence-electron chi connectivity index (χ0n) is 17.0. The maximum absolute atomic E-state index is 12.7. The molecule has 154 valence electrons. The molecule has 7 heteroatoms. The maximum atomic E-state index is 12.7. The fraction of sp³-hybridized carbons (Fsp3) is 0.261. The predicted octanol–water partition coefficient (Wildman–Crippen LogP) is 4.66. The van der Waals surface area contributed by atoms with Gasteiger partial charge in [0.1, 0.15) is 5.75 Å². The Hall–Kier alpha value is -2.64. The summed E-state index contributed by atoms with van der Waals surface area (Å²) in [5.41, 5.74) is 1.71. The van der Waals surface area contributed by atoms with Gasteiger partial charge in [-0.15, -0.1) is 16.9 Å². The van der Waals surface area contributed by atoms with Gasteiger partial charge in [0.05, 0.1) is 11.1 Å². The number of ether oxygens (including phenoxy) is 1. The van der Waals surface area contributed by atoms with Crippen molar-refractivity contribution in [3.8, 4) is 17.1 Å². The van der Waals surface area contributed by atoms with Gasteiger partial charge in [-0.2, -0.15) is 9.50 Å². The molecule has 0 aliphatic carbocycles. The Morgan fingerprint density at radius 1 is 1.10 bits per heavy atom. The van der Waals surface area contributed by atoms with Gasteiger partial charge in [0.2, 0.25) is 4.96 Å². The summed E-state index contributed by atoms with van der Waals surface area (Å²) in [4.78, 5) is 19.1. The van der Waals surface area contributed by atoms with Crippen LogP contribution in [0.5, 0.6) is 5.75 Å². The van der Waals surface area contributed by atoms with E-state index in [-0.39, 0.29) is 5.56 Å². The highest BCUT2D eigenvalue weighted by Gasteiger charge is 2.12. The summed E-state index contributed by atoms with van der Waals surface area (Å²) < 4.78 is 7.76. The molecule has 0 fully saturated rings. The fourth-order valence-corrected chi connectivity index (χ4v) is 4.37. The lowest BCUT2D eigenvalue weighted by Crippen LogP contribution is -2.23. The van der Waals surface area contributed by atoms with Gasteiger partial charge in [-0.25, -0.2) is 0 Å². The smallest absolute Gasteiger partial charge is 0.291 e. The van der Waals surface area contributed by atoms with Crippen LogP contribution in [0.2, 0.25) is 0 Å². The number of unbranched alkanes of at least 4 members (excludes halogenated alkanes) is 2. The molecule has 2 aromatic heterocycles. The molecule has 0 N–H and O–H groups in total. The molecule has 0 spiro atoms. The van der Waals surface area contributed by atoms with Gasteiger partial charge in [0.25, 0.3) is 5.56 Å². The van der Waals surface area contributed by atoms with E-state index in [0.717, 1.165) is 29.9 Å². The number of benzene rings is 2. The van der Waals surface area contributed by atoms with E-state index in [1.165, 1.54) is 33.6 Å². The highest BCUT2D eigenvalue weighted by atomic mass is 32.2. The van der Waals surface area contributed by atoms with E-state index < -0.39 is 0 Å². The number of aromatic nitrogens is 3. The molecule has 2 heterocycles. The van der Waals surface area contributed by atoms with Crippen LogP contribution in [0.4, 0.5) is 0 Å². The van der Waals surface area contributed by atoms with Crippen LogP contribution in [0.25, 0.3) is 22.4 Å². The average Bonchev–Trinajstić information content (AvgIpc) is 3.32. The summed E-state index contributed by atoms with van der Waals surface area (Å²) in [6.45, 7) is 2.90. The normalized spacial score (nSPS) is 12.0. The van der Waals surface area contributed by atoms with Gasteiger partial charge in [-0.05, 0) is 60.7 Å². The molecule has 0 aliphatic rings. The van der Waals surface area contributed by atoms with Crippen molar-refractivity contribution in [2.75, 3.05) is 12.9 Å². The molecule has 4 aromatic rings. The zero-order valence-corrected chi connectivity index (χ0v) is 18.6. The van der Waals surface area contributed by atoms with Gasteiger partial charge < -0.3 is 4.74 Å². The van der Waals surface area contributed by atoms with Crippen molar-refractivity contribution in [1.29, 1.82) is 0 Å². The second kappa shape index (κ2) is 9.45. The molecule has 0 unspecified atom stereocenters. The molecule has 0 radical (unpaired) electrons. The number of hydrogen-bond donors (Lipinski definition) is 0. The standard InChI is InChI=1S/C23H23N3O2S2/c1-3-4-5-14-28-18-10-8-17(9-11-18)21-24-23-26(25-21)22(27)20(30-23)15-16-6-12-19(29-2)13-7-16/h6-13,15H,3-5,14H2,1-2H3/b20-15-. The second-order valence-electron chi connectivity index (χ2n) is 6.90. The van der Waals surface area contributed by atoms with Crippen LogP contribution < -0.4 is 14.8 Å². The lowest BCUT2D eigenvalue weighted by molar-refractivity contribution is 0.306. The highest BCUT2D eigenvalue weighted by molar-refractivity contribution is 7.98. The maximum Gasteiger partial charge on any atom is 0.291 e. The van der Waals surface area contributed by atoms with Crippen LogP contribution >= 0.6 is 23.1 Å². The van der Waals surface area contributed by atoms with Gasteiger partial charge in [-0.1, -0.05) is 43.2 Å². The van der Waals surface area contributed by atoms with Crippen LogP contribution in [0.3, 0.4) is 0 Å². The molecular formula is C23H23N3O2S2. The van der Waals surface area contributed by atoms with E-state index in [4.69, 9.17) is 4.74 Å². The van der Waals surface area contributed by atoms with E-state index in [1.807, 2.05) is 60.9 Å². The van der Waals surface area contributed by atoms with Crippen molar-refractivity contribution in [3.05, 3.63) is 69.0 Å². The summed E-state index contributed by atoms with van der Waals surface area (Å²) in [6.07, 6.45) is 7.34. The van der Waals surface area contributed by atoms with Crippen molar-refractivity contribution < 1.29 is 4.74 Å². The summed E-state index contributed by atoms with van der Waals surface area (Å²) >= 11 is 3.05. The highest BCUT2D eigenvalue weighted by Crippen LogP contribution is 2.21. The molecule has 0 saturated heterocycles. The Morgan fingerprint density at radius 2 is 1.87 bits per heavy atom. The Kier molecular flexibility index (Phi) is 6.50. The molecule has 2 aromatic carbocycles. The number of fused-ring (bicyclic) bond motifs is 1. The lowest BCUT2D eigenvalue weighted by Gasteiger charge is -2.05. The van der Waals surface area contributed by atoms with Crippen molar-refractivity contribution >= 4 is 34.1 Å². The third-order valence-corrected chi connectivity index (χ3v) is 6.43. The third-order valence-electron chi connectivity index (χ3n) is 4.72. The molecule has 0 saturated carbocycles. The van der Waals surface area contributed by atoms with E-state index in [1.54, 1.807) is 11.8 Å². The minimum Gasteiger partial charge on any atom is -0.494 e. The molecule has 0 amide bonds. The second-order valence-corrected chi connectivity index (χ2v) is 8.79. The number of hydrogen-bond acceptors (Lipinski definition) is 6. The summed E-state index contributed by atoms with van der Waals surface area (Å²) in [6, 6.07) is 15.8. The Bertz CT molecular complexity index is 1230. The third kappa shape index (κ3) is 4.57. The first-order valence-electron chi connectivity index (χ1n) is 9.96. The Balaban J connectivity index is 1.54. The van der Waals surface area contributed by atoms with E-state index in [2.05, 4.69) is 17.0 Å². The first-order valence-corrected chi connectivity index (χ1v) is 12.0. The van der Waals surface area contributed by atoms with Crippen LogP contribution in [-0.2, 0) is 0 Å². The first kappa shape index (κ1) is 20.6. The van der Waals surface area contributed by atoms with Crippen LogP contribution in [0.15, 0.2) is 58.2 Å². The van der Waals surface area contributed by atoms with E-state index >= 15 is 0 Å². The van der Waals surface area contributed by atoms with E-state index in [9.17, 15) is 4.79 Å². The lowest BCUT2D eigenvalue weighted by atomic mass is 10.2. The molecule has 0 aliphatic heterocycles. The SMILES string of the molecule is CCCCCOc1ccc(-c2nc3s/c(=C\c4ccc(SC)cc4)c(=O)n3n2)cc1. The topological polar surface area (TPSA) is 56.5 Å². The van der Waals surface area contributed by atoms with Gasteiger partial charge >= 0.3 is 0 Å². The quantitative estimate of drug-likeness (QED) is 0.296. The van der Waals surface area contributed by atoms with Crippen molar-refractivity contribution in [1.82, 2.24) is 14.6 Å². The molecular weight excluding hydrogens is 414 g/mol. The summed E-state index contributed by atoms with van der Waals surface area (Å²) in [7, 11) is 0. The van der Waals surface area contributed by atoms with Crippen molar-refractivity contribution in [3.63, 3.8) is 0 Å². The number of thiazole rings is 1. The molecule has 4 rings (SSSR count). The largest absolute Gasteiger partial charge is 0.494 e. The number of thioether (sulfide) groups is 1. The molecule has 30 heavy (non-hydrogen) atoms. The minimum absolute atomic E-state index is 0.140. The average molecular weight is 438 g/mol.